The molecule has 0 spiro atoms. The summed E-state index contributed by atoms with van der Waals surface area (Å²) in [5, 5.41) is 1.15. The Morgan fingerprint density at radius 3 is 2.68 bits per heavy atom. The molecular weight excluding hydrogens is 542 g/mol. The van der Waals surface area contributed by atoms with Crippen molar-refractivity contribution >= 4 is 48.9 Å². The lowest BCUT2D eigenvalue weighted by atomic mass is 9.99. The van der Waals surface area contributed by atoms with Gasteiger partial charge in [-0.2, -0.15) is 0 Å². The number of fused-ring (bicyclic) bond motifs is 1. The van der Waals surface area contributed by atoms with E-state index in [1.807, 2.05) is 31.2 Å². The summed E-state index contributed by atoms with van der Waals surface area (Å²) in [6.45, 7) is 6.31. The molecule has 7 nitrogen and oxygen atoms in total. The number of thiophene rings is 1. The zero-order valence-electron chi connectivity index (χ0n) is 21.4. The van der Waals surface area contributed by atoms with Crippen LogP contribution < -0.4 is 9.46 Å². The number of benzene rings is 2. The molecule has 3 heterocycles. The summed E-state index contributed by atoms with van der Waals surface area (Å²) < 4.78 is 40.6. The van der Waals surface area contributed by atoms with Crippen molar-refractivity contribution in [3.8, 4) is 16.9 Å². The third kappa shape index (κ3) is 5.97. The second-order valence-electron chi connectivity index (χ2n) is 9.24. The number of ether oxygens (including phenoxy) is 2. The lowest BCUT2D eigenvalue weighted by Crippen LogP contribution is -2.36. The van der Waals surface area contributed by atoms with Crippen molar-refractivity contribution in [3.63, 3.8) is 0 Å². The summed E-state index contributed by atoms with van der Waals surface area (Å²) in [7, 11) is -2.24. The number of anilines is 1. The average molecular weight is 572 g/mol. The van der Waals surface area contributed by atoms with Crippen LogP contribution in [-0.4, -0.2) is 58.3 Å². The van der Waals surface area contributed by atoms with Gasteiger partial charge in [0.1, 0.15) is 10.6 Å². The van der Waals surface area contributed by atoms with Crippen LogP contribution in [0, 0.1) is 6.92 Å². The molecule has 4 aromatic rings. The first-order valence-electron chi connectivity index (χ1n) is 12.5. The Morgan fingerprint density at radius 2 is 1.92 bits per heavy atom. The van der Waals surface area contributed by atoms with Crippen molar-refractivity contribution in [2.24, 2.45) is 0 Å². The molecule has 5 rings (SSSR count). The Balaban J connectivity index is 1.59. The number of hydrogen-bond donors (Lipinski definition) is 1. The predicted octanol–water partition coefficient (Wildman–Crippen LogP) is 6.00. The van der Waals surface area contributed by atoms with E-state index in [4.69, 9.17) is 26.1 Å². The first-order chi connectivity index (χ1) is 18.3. The average Bonchev–Trinajstić information content (AvgIpc) is 3.27. The molecule has 0 amide bonds. The van der Waals surface area contributed by atoms with Gasteiger partial charge in [0.05, 0.1) is 30.9 Å². The van der Waals surface area contributed by atoms with E-state index in [9.17, 15) is 8.42 Å². The van der Waals surface area contributed by atoms with Crippen LogP contribution in [0.2, 0.25) is 5.02 Å². The second kappa shape index (κ2) is 11.6. The predicted molar refractivity (Wildman–Crippen MR) is 154 cm³/mol. The summed E-state index contributed by atoms with van der Waals surface area (Å²) >= 11 is 7.71. The van der Waals surface area contributed by atoms with E-state index in [0.717, 1.165) is 78.5 Å². The number of aromatic nitrogens is 1. The molecule has 0 aliphatic carbocycles. The van der Waals surface area contributed by atoms with Gasteiger partial charge in [-0.1, -0.05) is 29.8 Å². The fourth-order valence-corrected chi connectivity index (χ4v) is 7.40. The lowest BCUT2D eigenvalue weighted by molar-refractivity contribution is 0.0375. The molecule has 1 fully saturated rings. The zero-order chi connectivity index (χ0) is 26.7. The summed E-state index contributed by atoms with van der Waals surface area (Å²) in [5.74, 6) is 0.738. The van der Waals surface area contributed by atoms with Crippen LogP contribution in [0.25, 0.3) is 21.3 Å². The minimum Gasteiger partial charge on any atom is -0.497 e. The molecule has 2 aromatic carbocycles. The van der Waals surface area contributed by atoms with Crippen LogP contribution >= 0.6 is 22.9 Å². The molecule has 1 aliphatic heterocycles. The number of morpholine rings is 1. The van der Waals surface area contributed by atoms with Crippen LogP contribution in [0.3, 0.4) is 0 Å². The summed E-state index contributed by atoms with van der Waals surface area (Å²) in [5.41, 5.74) is 3.19. The topological polar surface area (TPSA) is 80.8 Å². The van der Waals surface area contributed by atoms with Crippen LogP contribution in [0.4, 0.5) is 5.69 Å². The molecule has 0 atom stereocenters. The minimum atomic E-state index is -3.88. The largest absolute Gasteiger partial charge is 0.497 e. The summed E-state index contributed by atoms with van der Waals surface area (Å²) in [6.07, 6.45) is 1.83. The van der Waals surface area contributed by atoms with Crippen molar-refractivity contribution in [3.05, 3.63) is 70.2 Å². The van der Waals surface area contributed by atoms with Crippen molar-refractivity contribution < 1.29 is 17.9 Å². The molecule has 2 aromatic heterocycles. The van der Waals surface area contributed by atoms with E-state index >= 15 is 0 Å². The third-order valence-corrected chi connectivity index (χ3v) is 9.30. The van der Waals surface area contributed by atoms with Gasteiger partial charge >= 0.3 is 0 Å². The van der Waals surface area contributed by atoms with Gasteiger partial charge < -0.3 is 9.47 Å². The Labute approximate surface area is 232 Å². The molecule has 0 saturated carbocycles. The van der Waals surface area contributed by atoms with Gasteiger partial charge in [-0.15, -0.1) is 11.3 Å². The Bertz CT molecular complexity index is 1550. The number of nitrogens with zero attached hydrogens (tertiary/aromatic N) is 2. The highest BCUT2D eigenvalue weighted by Crippen LogP contribution is 2.44. The molecule has 1 saturated heterocycles. The first-order valence-corrected chi connectivity index (χ1v) is 15.2. The van der Waals surface area contributed by atoms with E-state index in [0.29, 0.717) is 10.7 Å². The van der Waals surface area contributed by atoms with Crippen LogP contribution in [-0.2, 0) is 21.2 Å². The maximum Gasteiger partial charge on any atom is 0.261 e. The molecule has 10 heteroatoms. The minimum absolute atomic E-state index is 0.108. The maximum absolute atomic E-state index is 13.4. The standard InChI is InChI=1S/C28H30ClN3O4S2/c1-19-16-24(31-38(33,34)23-9-4-7-21(29)18-23)27-26(20-6-3-8-22(17-20)35-2)25(37-28(27)30-19)10-5-11-32-12-14-36-15-13-32/h3-4,6-9,16-18H,5,10-15H2,1-2H3,(H,30,31). The molecular formula is C28H30ClN3O4S2. The molecule has 0 bridgehead atoms. The van der Waals surface area contributed by atoms with Gasteiger partial charge in [-0.3, -0.25) is 9.62 Å². The van der Waals surface area contributed by atoms with Gasteiger partial charge in [0.15, 0.2) is 0 Å². The van der Waals surface area contributed by atoms with Gasteiger partial charge in [0, 0.05) is 39.6 Å². The molecule has 1 aliphatic rings. The number of rotatable bonds is 9. The maximum atomic E-state index is 13.4. The van der Waals surface area contributed by atoms with Gasteiger partial charge in [0.25, 0.3) is 10.0 Å². The van der Waals surface area contributed by atoms with Crippen LogP contribution in [0.5, 0.6) is 5.75 Å². The number of halogens is 1. The highest BCUT2D eigenvalue weighted by atomic mass is 35.5. The Kier molecular flexibility index (Phi) is 8.20. The van der Waals surface area contributed by atoms with E-state index in [1.165, 1.54) is 17.0 Å². The first kappa shape index (κ1) is 26.9. The molecule has 0 radical (unpaired) electrons. The number of sulfonamides is 1. The molecule has 38 heavy (non-hydrogen) atoms. The number of methoxy groups -OCH3 is 1. The normalized spacial score (nSPS) is 14.6. The smallest absolute Gasteiger partial charge is 0.261 e. The van der Waals surface area contributed by atoms with E-state index in [1.54, 1.807) is 36.6 Å². The molecule has 0 unspecified atom stereocenters. The number of hydrogen-bond acceptors (Lipinski definition) is 7. The summed E-state index contributed by atoms with van der Waals surface area (Å²) in [6, 6.07) is 15.9. The lowest BCUT2D eigenvalue weighted by Gasteiger charge is -2.26. The Hall–Kier alpha value is -2.69. The van der Waals surface area contributed by atoms with Gasteiger partial charge in [-0.25, -0.2) is 13.4 Å². The van der Waals surface area contributed by atoms with Gasteiger partial charge in [-0.05, 0) is 68.3 Å². The van der Waals surface area contributed by atoms with Crippen molar-refractivity contribution in [1.29, 1.82) is 0 Å². The van der Waals surface area contributed by atoms with Crippen molar-refractivity contribution in [2.75, 3.05) is 44.7 Å². The third-order valence-electron chi connectivity index (χ3n) is 6.55. The van der Waals surface area contributed by atoms with Crippen LogP contribution in [0.1, 0.15) is 17.0 Å². The Morgan fingerprint density at radius 1 is 1.13 bits per heavy atom. The van der Waals surface area contributed by atoms with Crippen molar-refractivity contribution in [2.45, 2.75) is 24.7 Å². The van der Waals surface area contributed by atoms with E-state index in [2.05, 4.69) is 9.62 Å². The van der Waals surface area contributed by atoms with E-state index < -0.39 is 10.0 Å². The monoisotopic (exact) mass is 571 g/mol. The fraction of sp³-hybridized carbons (Fsp3) is 0.321. The number of nitrogens with one attached hydrogen (secondary N) is 1. The quantitative estimate of drug-likeness (QED) is 0.265. The molecule has 1 N–H and O–H groups in total. The van der Waals surface area contributed by atoms with Crippen LogP contribution in [0.15, 0.2) is 59.5 Å². The highest BCUT2D eigenvalue weighted by Gasteiger charge is 2.23. The zero-order valence-corrected chi connectivity index (χ0v) is 23.8. The SMILES string of the molecule is COc1cccc(-c2c(CCCN3CCOCC3)sc3nc(C)cc(NS(=O)(=O)c4cccc(Cl)c4)c23)c1. The number of pyridine rings is 1. The fourth-order valence-electron chi connectivity index (χ4n) is 4.73. The highest BCUT2D eigenvalue weighted by molar-refractivity contribution is 7.92. The van der Waals surface area contributed by atoms with Crippen molar-refractivity contribution in [1.82, 2.24) is 9.88 Å². The second-order valence-corrected chi connectivity index (χ2v) is 12.4. The van der Waals surface area contributed by atoms with E-state index in [-0.39, 0.29) is 4.90 Å². The summed E-state index contributed by atoms with van der Waals surface area (Å²) in [4.78, 5) is 9.31. The number of aryl methyl sites for hydroxylation is 2. The molecule has 200 valence electrons. The van der Waals surface area contributed by atoms with Gasteiger partial charge in [0.2, 0.25) is 0 Å².